The number of aliphatic carboxylic acids is 1. The first-order chi connectivity index (χ1) is 16.6. The van der Waals surface area contributed by atoms with E-state index in [1.165, 1.54) is 16.7 Å². The zero-order valence-electron chi connectivity index (χ0n) is 22.2. The van der Waals surface area contributed by atoms with Crippen LogP contribution in [0.3, 0.4) is 0 Å². The molecule has 0 bridgehead atoms. The maximum Gasteiger partial charge on any atom is 0.309 e. The molecular weight excluding hydrogens is 434 g/mol. The Labute approximate surface area is 210 Å². The molecule has 2 aliphatic carbocycles. The lowest BCUT2D eigenvalue weighted by molar-refractivity contribution is -0.157. The quantitative estimate of drug-likeness (QED) is 0.333. The number of aryl methyl sites for hydroxylation is 1. The highest BCUT2D eigenvalue weighted by atomic mass is 16.6. The summed E-state index contributed by atoms with van der Waals surface area (Å²) in [6.07, 6.45) is 4.63. The minimum Gasteiger partial charge on any atom is -0.481 e. The number of rotatable bonds is 7. The largest absolute Gasteiger partial charge is 0.481 e. The van der Waals surface area contributed by atoms with Gasteiger partial charge in [-0.2, -0.15) is 0 Å². The molecule has 0 amide bonds. The minimum atomic E-state index is -0.671. The molecule has 4 nitrogen and oxygen atoms in total. The summed E-state index contributed by atoms with van der Waals surface area (Å²) in [5.41, 5.74) is 6.43. The Bertz CT molecular complexity index is 1100. The van der Waals surface area contributed by atoms with E-state index in [-0.39, 0.29) is 17.3 Å². The van der Waals surface area contributed by atoms with Gasteiger partial charge in [-0.05, 0) is 84.1 Å². The van der Waals surface area contributed by atoms with Crippen molar-refractivity contribution in [1.29, 1.82) is 0 Å². The lowest BCUT2D eigenvalue weighted by Crippen LogP contribution is -2.52. The van der Waals surface area contributed by atoms with Gasteiger partial charge in [0.15, 0.2) is 0 Å². The fourth-order valence-corrected chi connectivity index (χ4v) is 6.71. The van der Waals surface area contributed by atoms with E-state index in [0.29, 0.717) is 12.5 Å². The average molecular weight is 476 g/mol. The zero-order chi connectivity index (χ0) is 25.4. The zero-order valence-corrected chi connectivity index (χ0v) is 22.2. The van der Waals surface area contributed by atoms with Gasteiger partial charge in [0, 0.05) is 5.56 Å². The highest BCUT2D eigenvalue weighted by Crippen LogP contribution is 2.57. The van der Waals surface area contributed by atoms with Gasteiger partial charge in [0.25, 0.3) is 0 Å². The molecule has 1 unspecified atom stereocenters. The van der Waals surface area contributed by atoms with Gasteiger partial charge in [0.2, 0.25) is 0 Å². The Morgan fingerprint density at radius 1 is 1.11 bits per heavy atom. The number of oxime groups is 1. The number of carboxylic acid groups (broad SMARTS) is 1. The Balaban J connectivity index is 1.79. The fraction of sp³-hybridized carbons (Fsp3) is 0.548. The SMILES string of the molecule is CC(C)/C(=N\OCc1ccccc1)c1cc2c(cc1C(C)C)CCC1[C@](C)(C(=O)O)CCC[C@]21C. The number of hydrogen-bond acceptors (Lipinski definition) is 3. The second-order valence-corrected chi connectivity index (χ2v) is 11.7. The lowest BCUT2D eigenvalue weighted by atomic mass is 9.49. The van der Waals surface area contributed by atoms with E-state index in [0.717, 1.165) is 48.9 Å². The molecule has 1 saturated carbocycles. The van der Waals surface area contributed by atoms with Gasteiger partial charge < -0.3 is 9.94 Å². The van der Waals surface area contributed by atoms with Crippen molar-refractivity contribution < 1.29 is 14.7 Å². The van der Waals surface area contributed by atoms with Crippen molar-refractivity contribution in [3.63, 3.8) is 0 Å². The van der Waals surface area contributed by atoms with Crippen molar-refractivity contribution in [2.45, 2.75) is 91.6 Å². The highest BCUT2D eigenvalue weighted by molar-refractivity contribution is 6.03. The van der Waals surface area contributed by atoms with Crippen LogP contribution in [0.4, 0.5) is 0 Å². The van der Waals surface area contributed by atoms with Crippen molar-refractivity contribution in [3.05, 3.63) is 70.3 Å². The number of carbonyl (C=O) groups is 1. The summed E-state index contributed by atoms with van der Waals surface area (Å²) >= 11 is 0. The number of hydrogen-bond donors (Lipinski definition) is 1. The number of nitrogens with zero attached hydrogens (tertiary/aromatic N) is 1. The molecule has 1 N–H and O–H groups in total. The van der Waals surface area contributed by atoms with Crippen molar-refractivity contribution in [1.82, 2.24) is 0 Å². The molecule has 4 rings (SSSR count). The smallest absolute Gasteiger partial charge is 0.309 e. The third-order valence-electron chi connectivity index (χ3n) is 8.69. The number of benzene rings is 2. The third-order valence-corrected chi connectivity index (χ3v) is 8.69. The summed E-state index contributed by atoms with van der Waals surface area (Å²) in [7, 11) is 0. The van der Waals surface area contributed by atoms with Crippen molar-refractivity contribution in [2.75, 3.05) is 0 Å². The van der Waals surface area contributed by atoms with Crippen LogP contribution in [0.15, 0.2) is 47.6 Å². The molecule has 0 radical (unpaired) electrons. The Kier molecular flexibility index (Phi) is 7.13. The van der Waals surface area contributed by atoms with Gasteiger partial charge in [-0.1, -0.05) is 82.6 Å². The van der Waals surface area contributed by atoms with Crippen molar-refractivity contribution in [3.8, 4) is 0 Å². The predicted molar refractivity (Wildman–Crippen MR) is 142 cm³/mol. The van der Waals surface area contributed by atoms with Crippen LogP contribution in [0.25, 0.3) is 0 Å². The summed E-state index contributed by atoms with van der Waals surface area (Å²) in [5, 5.41) is 14.9. The normalized spacial score (nSPS) is 26.4. The van der Waals surface area contributed by atoms with Crippen LogP contribution < -0.4 is 0 Å². The molecule has 0 saturated heterocycles. The van der Waals surface area contributed by atoms with Crippen LogP contribution in [-0.2, 0) is 28.1 Å². The van der Waals surface area contributed by atoms with Crippen LogP contribution in [0.5, 0.6) is 0 Å². The molecule has 2 aliphatic rings. The van der Waals surface area contributed by atoms with Crippen LogP contribution in [0, 0.1) is 17.3 Å². The molecule has 188 valence electrons. The van der Waals surface area contributed by atoms with Gasteiger partial charge in [-0.25, -0.2) is 0 Å². The molecule has 0 aromatic heterocycles. The topological polar surface area (TPSA) is 58.9 Å². The van der Waals surface area contributed by atoms with Gasteiger partial charge in [0.05, 0.1) is 11.1 Å². The van der Waals surface area contributed by atoms with Crippen LogP contribution >= 0.6 is 0 Å². The Hall–Kier alpha value is -2.62. The van der Waals surface area contributed by atoms with E-state index in [1.807, 2.05) is 37.3 Å². The molecular formula is C31H41NO3. The molecule has 2 aromatic rings. The van der Waals surface area contributed by atoms with E-state index in [1.54, 1.807) is 0 Å². The second-order valence-electron chi connectivity index (χ2n) is 11.7. The van der Waals surface area contributed by atoms with E-state index in [2.05, 4.69) is 51.9 Å². The van der Waals surface area contributed by atoms with E-state index in [9.17, 15) is 9.90 Å². The lowest BCUT2D eigenvalue weighted by Gasteiger charge is -2.53. The molecule has 4 heteroatoms. The molecule has 3 atom stereocenters. The predicted octanol–water partition coefficient (Wildman–Crippen LogP) is 7.48. The average Bonchev–Trinajstić information content (AvgIpc) is 2.81. The Morgan fingerprint density at radius 2 is 1.83 bits per heavy atom. The molecule has 0 heterocycles. The first-order valence-electron chi connectivity index (χ1n) is 13.2. The van der Waals surface area contributed by atoms with Crippen molar-refractivity contribution >= 4 is 11.7 Å². The van der Waals surface area contributed by atoms with Crippen LogP contribution in [0.1, 0.15) is 101 Å². The van der Waals surface area contributed by atoms with Crippen LogP contribution in [0.2, 0.25) is 0 Å². The summed E-state index contributed by atoms with van der Waals surface area (Å²) in [4.78, 5) is 18.3. The van der Waals surface area contributed by atoms with Gasteiger partial charge in [0.1, 0.15) is 6.61 Å². The molecule has 0 aliphatic heterocycles. The third kappa shape index (κ3) is 4.64. The molecule has 0 spiro atoms. The first kappa shape index (κ1) is 25.5. The summed E-state index contributed by atoms with van der Waals surface area (Å²) < 4.78 is 0. The summed E-state index contributed by atoms with van der Waals surface area (Å²) in [5.74, 6) is 0.0496. The fourth-order valence-electron chi connectivity index (χ4n) is 6.71. The van der Waals surface area contributed by atoms with Gasteiger partial charge >= 0.3 is 5.97 Å². The maximum absolute atomic E-state index is 12.4. The minimum absolute atomic E-state index is 0.139. The van der Waals surface area contributed by atoms with E-state index < -0.39 is 11.4 Å². The first-order valence-corrected chi connectivity index (χ1v) is 13.2. The van der Waals surface area contributed by atoms with E-state index in [4.69, 9.17) is 4.84 Å². The summed E-state index contributed by atoms with van der Waals surface area (Å²) in [6, 6.07) is 14.9. The van der Waals surface area contributed by atoms with Crippen molar-refractivity contribution in [2.24, 2.45) is 22.4 Å². The molecule has 2 aromatic carbocycles. The van der Waals surface area contributed by atoms with Gasteiger partial charge in [-0.15, -0.1) is 0 Å². The van der Waals surface area contributed by atoms with Crippen LogP contribution in [-0.4, -0.2) is 16.8 Å². The standard InChI is InChI=1S/C31H41NO3/c1-20(2)24-17-23-13-14-27-30(5,15-10-16-31(27,6)29(33)34)26(23)18-25(24)28(21(3)4)32-35-19-22-11-8-7-9-12-22/h7-9,11-12,17-18,20-21,27H,10,13-16,19H2,1-6H3,(H,33,34)/b32-28+/t27?,30-,31-/m1/s1. The Morgan fingerprint density at radius 3 is 2.46 bits per heavy atom. The summed E-state index contributed by atoms with van der Waals surface area (Å²) in [6.45, 7) is 13.5. The number of fused-ring (bicyclic) bond motifs is 3. The maximum atomic E-state index is 12.4. The highest BCUT2D eigenvalue weighted by Gasteiger charge is 2.55. The van der Waals surface area contributed by atoms with E-state index >= 15 is 0 Å². The second kappa shape index (κ2) is 9.79. The molecule has 1 fully saturated rings. The monoisotopic (exact) mass is 475 g/mol. The molecule has 35 heavy (non-hydrogen) atoms. The van der Waals surface area contributed by atoms with Gasteiger partial charge in [-0.3, -0.25) is 4.79 Å². The number of carboxylic acids is 1.